The SMILES string of the molecule is CS(=O)(=O)N(CC(=O)NCC1CCCO1)Cc1ccco1. The quantitative estimate of drug-likeness (QED) is 0.783. The summed E-state index contributed by atoms with van der Waals surface area (Å²) in [5.41, 5.74) is 0. The fourth-order valence-corrected chi connectivity index (χ4v) is 2.83. The second kappa shape index (κ2) is 7.06. The number of hydrogen-bond acceptors (Lipinski definition) is 5. The summed E-state index contributed by atoms with van der Waals surface area (Å²) in [5, 5.41) is 2.71. The van der Waals surface area contributed by atoms with E-state index in [-0.39, 0.29) is 25.1 Å². The molecule has 1 aliphatic heterocycles. The summed E-state index contributed by atoms with van der Waals surface area (Å²) >= 11 is 0. The highest BCUT2D eigenvalue weighted by Gasteiger charge is 2.22. The minimum absolute atomic E-state index is 0.0331. The largest absolute Gasteiger partial charge is 0.468 e. The number of ether oxygens (including phenoxy) is 1. The van der Waals surface area contributed by atoms with Crippen LogP contribution in [0.3, 0.4) is 0 Å². The van der Waals surface area contributed by atoms with Crippen molar-refractivity contribution in [3.05, 3.63) is 24.2 Å². The molecule has 0 spiro atoms. The molecular formula is C13H20N2O5S. The lowest BCUT2D eigenvalue weighted by atomic mass is 10.2. The lowest BCUT2D eigenvalue weighted by Gasteiger charge is -2.19. The van der Waals surface area contributed by atoms with Crippen molar-refractivity contribution in [3.63, 3.8) is 0 Å². The topological polar surface area (TPSA) is 88.9 Å². The van der Waals surface area contributed by atoms with Crippen molar-refractivity contribution >= 4 is 15.9 Å². The van der Waals surface area contributed by atoms with Crippen molar-refractivity contribution in [1.82, 2.24) is 9.62 Å². The zero-order valence-corrected chi connectivity index (χ0v) is 12.8. The van der Waals surface area contributed by atoms with Gasteiger partial charge in [0.2, 0.25) is 15.9 Å². The van der Waals surface area contributed by atoms with Gasteiger partial charge in [-0.1, -0.05) is 0 Å². The summed E-state index contributed by atoms with van der Waals surface area (Å²) in [5.74, 6) is 0.148. The lowest BCUT2D eigenvalue weighted by Crippen LogP contribution is -2.41. The van der Waals surface area contributed by atoms with Gasteiger partial charge in [0.05, 0.1) is 31.7 Å². The number of nitrogens with one attached hydrogen (secondary N) is 1. The zero-order valence-electron chi connectivity index (χ0n) is 11.9. The van der Waals surface area contributed by atoms with Crippen molar-refractivity contribution in [2.75, 3.05) is 26.0 Å². The predicted molar refractivity (Wildman–Crippen MR) is 75.9 cm³/mol. The molecule has 0 aliphatic carbocycles. The predicted octanol–water partition coefficient (Wildman–Crippen LogP) is 0.336. The molecule has 1 N–H and O–H groups in total. The first kappa shape index (κ1) is 16.0. The second-order valence-electron chi connectivity index (χ2n) is 5.05. The minimum Gasteiger partial charge on any atom is -0.468 e. The van der Waals surface area contributed by atoms with Gasteiger partial charge < -0.3 is 14.5 Å². The Labute approximate surface area is 124 Å². The molecule has 21 heavy (non-hydrogen) atoms. The molecule has 1 fully saturated rings. The monoisotopic (exact) mass is 316 g/mol. The van der Waals surface area contributed by atoms with Gasteiger partial charge in [0, 0.05) is 13.2 Å². The summed E-state index contributed by atoms with van der Waals surface area (Å²) in [4.78, 5) is 11.9. The Morgan fingerprint density at radius 3 is 2.90 bits per heavy atom. The molecule has 1 atom stereocenters. The molecule has 2 rings (SSSR count). The number of sulfonamides is 1. The number of carbonyl (C=O) groups is 1. The van der Waals surface area contributed by atoms with E-state index in [0.29, 0.717) is 18.9 Å². The Morgan fingerprint density at radius 1 is 1.52 bits per heavy atom. The molecular weight excluding hydrogens is 296 g/mol. The van der Waals surface area contributed by atoms with Crippen molar-refractivity contribution < 1.29 is 22.4 Å². The summed E-state index contributed by atoms with van der Waals surface area (Å²) in [6.45, 7) is 0.942. The maximum absolute atomic E-state index is 11.9. The van der Waals surface area contributed by atoms with E-state index in [1.165, 1.54) is 6.26 Å². The van der Waals surface area contributed by atoms with Crippen LogP contribution in [0.5, 0.6) is 0 Å². The number of hydrogen-bond donors (Lipinski definition) is 1. The van der Waals surface area contributed by atoms with Gasteiger partial charge in [-0.15, -0.1) is 0 Å². The Balaban J connectivity index is 1.87. The maximum atomic E-state index is 11.9. The molecule has 0 radical (unpaired) electrons. The summed E-state index contributed by atoms with van der Waals surface area (Å²) in [6, 6.07) is 3.34. The first-order chi connectivity index (χ1) is 9.95. The molecule has 1 aliphatic rings. The van der Waals surface area contributed by atoms with Gasteiger partial charge in [-0.05, 0) is 25.0 Å². The molecule has 2 heterocycles. The van der Waals surface area contributed by atoms with Crippen molar-refractivity contribution in [1.29, 1.82) is 0 Å². The van der Waals surface area contributed by atoms with E-state index in [4.69, 9.17) is 9.15 Å². The van der Waals surface area contributed by atoms with E-state index >= 15 is 0 Å². The van der Waals surface area contributed by atoms with Crippen LogP contribution in [0.15, 0.2) is 22.8 Å². The molecule has 1 aromatic rings. The van der Waals surface area contributed by atoms with Crippen LogP contribution in [0.4, 0.5) is 0 Å². The molecule has 0 aromatic carbocycles. The second-order valence-corrected chi connectivity index (χ2v) is 7.03. The number of furan rings is 1. The average Bonchev–Trinajstić information content (AvgIpc) is 3.07. The Morgan fingerprint density at radius 2 is 2.33 bits per heavy atom. The molecule has 1 saturated heterocycles. The first-order valence-electron chi connectivity index (χ1n) is 6.81. The van der Waals surface area contributed by atoms with Crippen LogP contribution >= 0.6 is 0 Å². The Bertz CT molecular complexity index is 549. The normalized spacial score (nSPS) is 19.0. The summed E-state index contributed by atoms with van der Waals surface area (Å²) < 4.78 is 35.1. The van der Waals surface area contributed by atoms with E-state index in [9.17, 15) is 13.2 Å². The smallest absolute Gasteiger partial charge is 0.235 e. The number of amides is 1. The molecule has 1 amide bonds. The third kappa shape index (κ3) is 5.14. The first-order valence-corrected chi connectivity index (χ1v) is 8.66. The highest BCUT2D eigenvalue weighted by atomic mass is 32.2. The summed E-state index contributed by atoms with van der Waals surface area (Å²) in [7, 11) is -3.49. The standard InChI is InChI=1S/C13H20N2O5S/c1-21(17,18)15(9-12-5-3-7-20-12)10-13(16)14-8-11-4-2-6-19-11/h3,5,7,11H,2,4,6,8-10H2,1H3,(H,14,16). The zero-order chi connectivity index (χ0) is 15.3. The number of nitrogens with zero attached hydrogens (tertiary/aromatic N) is 1. The summed E-state index contributed by atoms with van der Waals surface area (Å²) in [6.07, 6.45) is 4.49. The van der Waals surface area contributed by atoms with E-state index in [1.807, 2.05) is 0 Å². The Kier molecular flexibility index (Phi) is 5.38. The molecule has 8 heteroatoms. The van der Waals surface area contributed by atoms with Crippen LogP contribution in [-0.4, -0.2) is 50.7 Å². The average molecular weight is 316 g/mol. The third-order valence-corrected chi connectivity index (χ3v) is 4.45. The van der Waals surface area contributed by atoms with Gasteiger partial charge in [0.25, 0.3) is 0 Å². The van der Waals surface area contributed by atoms with E-state index < -0.39 is 10.0 Å². The highest BCUT2D eigenvalue weighted by Crippen LogP contribution is 2.11. The molecule has 7 nitrogen and oxygen atoms in total. The van der Waals surface area contributed by atoms with Gasteiger partial charge in [0.1, 0.15) is 5.76 Å². The van der Waals surface area contributed by atoms with Gasteiger partial charge in [-0.3, -0.25) is 4.79 Å². The minimum atomic E-state index is -3.49. The lowest BCUT2D eigenvalue weighted by molar-refractivity contribution is -0.121. The fraction of sp³-hybridized carbons (Fsp3) is 0.615. The van der Waals surface area contributed by atoms with Crippen molar-refractivity contribution in [3.8, 4) is 0 Å². The molecule has 118 valence electrons. The highest BCUT2D eigenvalue weighted by molar-refractivity contribution is 7.88. The van der Waals surface area contributed by atoms with Gasteiger partial charge in [-0.25, -0.2) is 8.42 Å². The van der Waals surface area contributed by atoms with E-state index in [0.717, 1.165) is 23.4 Å². The molecule has 1 aromatic heterocycles. The third-order valence-electron chi connectivity index (χ3n) is 3.25. The van der Waals surface area contributed by atoms with Crippen LogP contribution in [0, 0.1) is 0 Å². The van der Waals surface area contributed by atoms with Crippen LogP contribution in [0.1, 0.15) is 18.6 Å². The van der Waals surface area contributed by atoms with Crippen molar-refractivity contribution in [2.45, 2.75) is 25.5 Å². The van der Waals surface area contributed by atoms with E-state index in [2.05, 4.69) is 5.32 Å². The van der Waals surface area contributed by atoms with Crippen LogP contribution < -0.4 is 5.32 Å². The molecule has 0 bridgehead atoms. The maximum Gasteiger partial charge on any atom is 0.235 e. The van der Waals surface area contributed by atoms with Crippen LogP contribution in [-0.2, 0) is 26.1 Å². The number of rotatable bonds is 7. The van der Waals surface area contributed by atoms with Gasteiger partial charge in [-0.2, -0.15) is 4.31 Å². The fourth-order valence-electron chi connectivity index (χ4n) is 2.12. The van der Waals surface area contributed by atoms with Crippen LogP contribution in [0.2, 0.25) is 0 Å². The molecule has 0 saturated carbocycles. The molecule has 1 unspecified atom stereocenters. The van der Waals surface area contributed by atoms with Crippen LogP contribution in [0.25, 0.3) is 0 Å². The van der Waals surface area contributed by atoms with Gasteiger partial charge >= 0.3 is 0 Å². The number of carbonyl (C=O) groups excluding carboxylic acids is 1. The van der Waals surface area contributed by atoms with E-state index in [1.54, 1.807) is 12.1 Å². The Hall–Kier alpha value is -1.38. The van der Waals surface area contributed by atoms with Crippen molar-refractivity contribution in [2.24, 2.45) is 0 Å². The van der Waals surface area contributed by atoms with Gasteiger partial charge in [0.15, 0.2) is 0 Å².